The van der Waals surface area contributed by atoms with Gasteiger partial charge in [-0.05, 0) is 62.3 Å². The van der Waals surface area contributed by atoms with Crippen molar-refractivity contribution in [3.05, 3.63) is 23.3 Å². The molecule has 0 atom stereocenters. The van der Waals surface area contributed by atoms with E-state index in [4.69, 9.17) is 0 Å². The minimum absolute atomic E-state index is 0.141. The topological polar surface area (TPSA) is 83.6 Å². The Morgan fingerprint density at radius 2 is 1.76 bits per heavy atom. The molecule has 0 bridgehead atoms. The third-order valence-electron chi connectivity index (χ3n) is 4.36. The number of nitrogens with zero attached hydrogens (tertiary/aromatic N) is 1. The van der Waals surface area contributed by atoms with E-state index in [0.29, 0.717) is 42.2 Å². The summed E-state index contributed by atoms with van der Waals surface area (Å²) in [5.41, 5.74) is 1.68. The Balaban J connectivity index is 2.34. The molecule has 1 heterocycles. The third-order valence-corrected chi connectivity index (χ3v) is 8.00. The lowest BCUT2D eigenvalue weighted by atomic mass is 10.1. The van der Waals surface area contributed by atoms with Crippen LogP contribution < -0.4 is 9.03 Å². The van der Waals surface area contributed by atoms with Crippen LogP contribution in [0.1, 0.15) is 44.2 Å². The van der Waals surface area contributed by atoms with E-state index in [0.717, 1.165) is 12.8 Å². The summed E-state index contributed by atoms with van der Waals surface area (Å²) in [5.74, 6) is 0.554. The fourth-order valence-electron chi connectivity index (χ4n) is 3.13. The molecule has 1 saturated heterocycles. The monoisotopic (exact) mass is 388 g/mol. The standard InChI is InChI=1S/C17H28N2O4S2/c1-13(2)7-8-18-25(22,23)17-14(3)11-16(12-15(17)4)19-9-5-6-10-24(19,20)21/h11-13,18H,5-10H2,1-4H3. The predicted octanol–water partition coefficient (Wildman–Crippen LogP) is 2.56. The Kier molecular flexibility index (Phi) is 6.17. The van der Waals surface area contributed by atoms with Crippen LogP contribution in [0, 0.1) is 19.8 Å². The largest absolute Gasteiger partial charge is 0.270 e. The highest BCUT2D eigenvalue weighted by atomic mass is 32.2. The van der Waals surface area contributed by atoms with Gasteiger partial charge in [-0.3, -0.25) is 4.31 Å². The first-order valence-corrected chi connectivity index (χ1v) is 11.7. The number of hydrogen-bond donors (Lipinski definition) is 1. The normalized spacial score (nSPS) is 17.9. The highest BCUT2D eigenvalue weighted by Gasteiger charge is 2.28. The lowest BCUT2D eigenvalue weighted by Crippen LogP contribution is -2.38. The van der Waals surface area contributed by atoms with Gasteiger partial charge in [0.2, 0.25) is 20.0 Å². The fourth-order valence-corrected chi connectivity index (χ4v) is 6.25. The van der Waals surface area contributed by atoms with Crippen molar-refractivity contribution in [1.82, 2.24) is 4.72 Å². The molecule has 1 fully saturated rings. The van der Waals surface area contributed by atoms with E-state index in [1.54, 1.807) is 26.0 Å². The van der Waals surface area contributed by atoms with Gasteiger partial charge in [-0.2, -0.15) is 0 Å². The Morgan fingerprint density at radius 1 is 1.16 bits per heavy atom. The van der Waals surface area contributed by atoms with Crippen LogP contribution >= 0.6 is 0 Å². The van der Waals surface area contributed by atoms with Gasteiger partial charge in [0.05, 0.1) is 16.3 Å². The Bertz CT molecular complexity index is 807. The molecule has 0 amide bonds. The van der Waals surface area contributed by atoms with Crippen LogP contribution in [-0.2, 0) is 20.0 Å². The number of hydrogen-bond acceptors (Lipinski definition) is 4. The van der Waals surface area contributed by atoms with Gasteiger partial charge in [-0.1, -0.05) is 13.8 Å². The highest BCUT2D eigenvalue weighted by Crippen LogP contribution is 2.30. The zero-order chi connectivity index (χ0) is 18.8. The number of sulfonamides is 2. The van der Waals surface area contributed by atoms with Gasteiger partial charge in [0.15, 0.2) is 0 Å². The van der Waals surface area contributed by atoms with E-state index in [9.17, 15) is 16.8 Å². The second-order valence-electron chi connectivity index (χ2n) is 7.08. The van der Waals surface area contributed by atoms with E-state index in [1.807, 2.05) is 13.8 Å². The summed E-state index contributed by atoms with van der Waals surface area (Å²) in [5, 5.41) is 0. The van der Waals surface area contributed by atoms with E-state index in [1.165, 1.54) is 4.31 Å². The van der Waals surface area contributed by atoms with E-state index in [2.05, 4.69) is 4.72 Å². The summed E-state index contributed by atoms with van der Waals surface area (Å²) in [6.45, 7) is 8.34. The van der Waals surface area contributed by atoms with Crippen molar-refractivity contribution in [1.29, 1.82) is 0 Å². The Hall–Kier alpha value is -1.12. The molecule has 142 valence electrons. The minimum atomic E-state index is -3.61. The quantitative estimate of drug-likeness (QED) is 0.812. The summed E-state index contributed by atoms with van der Waals surface area (Å²) in [7, 11) is -6.93. The van der Waals surface area contributed by atoms with Crippen LogP contribution in [0.15, 0.2) is 17.0 Å². The molecule has 0 aliphatic carbocycles. The molecule has 2 rings (SSSR count). The van der Waals surface area contributed by atoms with Crippen molar-refractivity contribution >= 4 is 25.7 Å². The maximum Gasteiger partial charge on any atom is 0.241 e. The van der Waals surface area contributed by atoms with Crippen molar-refractivity contribution in [3.63, 3.8) is 0 Å². The van der Waals surface area contributed by atoms with Gasteiger partial charge in [-0.15, -0.1) is 0 Å². The van der Waals surface area contributed by atoms with E-state index in [-0.39, 0.29) is 10.6 Å². The molecule has 1 aromatic carbocycles. The third kappa shape index (κ3) is 4.74. The van der Waals surface area contributed by atoms with Crippen molar-refractivity contribution in [3.8, 4) is 0 Å². The lowest BCUT2D eigenvalue weighted by molar-refractivity contribution is 0.551. The van der Waals surface area contributed by atoms with Gasteiger partial charge in [0.1, 0.15) is 0 Å². The van der Waals surface area contributed by atoms with Crippen LogP contribution in [0.5, 0.6) is 0 Å². The number of rotatable bonds is 6. The van der Waals surface area contributed by atoms with Gasteiger partial charge < -0.3 is 0 Å². The molecular formula is C17H28N2O4S2. The molecule has 0 saturated carbocycles. The average molecular weight is 389 g/mol. The Morgan fingerprint density at radius 3 is 2.28 bits per heavy atom. The first-order chi connectivity index (χ1) is 11.5. The molecule has 0 radical (unpaired) electrons. The van der Waals surface area contributed by atoms with Crippen molar-refractivity contribution in [2.24, 2.45) is 5.92 Å². The number of anilines is 1. The SMILES string of the molecule is Cc1cc(N2CCCCS2(=O)=O)cc(C)c1S(=O)(=O)NCCC(C)C. The molecule has 1 aromatic rings. The average Bonchev–Trinajstić information content (AvgIpc) is 2.44. The molecule has 25 heavy (non-hydrogen) atoms. The molecule has 0 unspecified atom stereocenters. The molecular weight excluding hydrogens is 360 g/mol. The number of nitrogens with one attached hydrogen (secondary N) is 1. The van der Waals surface area contributed by atoms with Crippen molar-refractivity contribution in [2.75, 3.05) is 23.1 Å². The fraction of sp³-hybridized carbons (Fsp3) is 0.647. The first-order valence-electron chi connectivity index (χ1n) is 8.66. The molecule has 1 aliphatic rings. The van der Waals surface area contributed by atoms with Crippen LogP contribution in [-0.4, -0.2) is 35.7 Å². The highest BCUT2D eigenvalue weighted by molar-refractivity contribution is 7.92. The summed E-state index contributed by atoms with van der Waals surface area (Å²) in [6.07, 6.45) is 2.25. The molecule has 1 aliphatic heterocycles. The molecule has 8 heteroatoms. The minimum Gasteiger partial charge on any atom is -0.270 e. The van der Waals surface area contributed by atoms with Crippen LogP contribution in [0.3, 0.4) is 0 Å². The molecule has 1 N–H and O–H groups in total. The summed E-state index contributed by atoms with van der Waals surface area (Å²) < 4.78 is 53.9. The molecule has 0 aromatic heterocycles. The van der Waals surface area contributed by atoms with E-state index >= 15 is 0 Å². The van der Waals surface area contributed by atoms with Gasteiger partial charge in [0.25, 0.3) is 0 Å². The second kappa shape index (κ2) is 7.63. The van der Waals surface area contributed by atoms with Crippen LogP contribution in [0.2, 0.25) is 0 Å². The Labute approximate surface area is 151 Å². The summed E-state index contributed by atoms with van der Waals surface area (Å²) >= 11 is 0. The molecule has 6 nitrogen and oxygen atoms in total. The maximum atomic E-state index is 12.6. The lowest BCUT2D eigenvalue weighted by Gasteiger charge is -2.29. The van der Waals surface area contributed by atoms with Gasteiger partial charge >= 0.3 is 0 Å². The van der Waals surface area contributed by atoms with E-state index < -0.39 is 20.0 Å². The number of aryl methyl sites for hydroxylation is 2. The van der Waals surface area contributed by atoms with Crippen LogP contribution in [0.4, 0.5) is 5.69 Å². The zero-order valence-corrected chi connectivity index (χ0v) is 17.0. The van der Waals surface area contributed by atoms with Crippen LogP contribution in [0.25, 0.3) is 0 Å². The second-order valence-corrected chi connectivity index (χ2v) is 10.8. The molecule has 0 spiro atoms. The van der Waals surface area contributed by atoms with Gasteiger partial charge in [0, 0.05) is 13.1 Å². The maximum absolute atomic E-state index is 12.6. The van der Waals surface area contributed by atoms with Gasteiger partial charge in [-0.25, -0.2) is 21.6 Å². The zero-order valence-electron chi connectivity index (χ0n) is 15.4. The smallest absolute Gasteiger partial charge is 0.241 e. The van der Waals surface area contributed by atoms with Crippen molar-refractivity contribution in [2.45, 2.75) is 51.9 Å². The first kappa shape index (κ1) is 20.2. The number of benzene rings is 1. The summed E-state index contributed by atoms with van der Waals surface area (Å²) in [6, 6.07) is 3.32. The predicted molar refractivity (Wildman–Crippen MR) is 101 cm³/mol. The summed E-state index contributed by atoms with van der Waals surface area (Å²) in [4.78, 5) is 0.245. The van der Waals surface area contributed by atoms with Crippen molar-refractivity contribution < 1.29 is 16.8 Å².